The summed E-state index contributed by atoms with van der Waals surface area (Å²) in [7, 11) is 0. The van der Waals surface area contributed by atoms with Crippen molar-refractivity contribution < 1.29 is 4.79 Å². The van der Waals surface area contributed by atoms with Crippen molar-refractivity contribution in [3.8, 4) is 0 Å². The summed E-state index contributed by atoms with van der Waals surface area (Å²) in [5, 5.41) is 0. The molecule has 1 aliphatic rings. The van der Waals surface area contributed by atoms with Crippen LogP contribution in [0.15, 0.2) is 35.2 Å². The van der Waals surface area contributed by atoms with E-state index in [0.717, 1.165) is 25.3 Å². The summed E-state index contributed by atoms with van der Waals surface area (Å²) in [6.45, 7) is 2.26. The highest BCUT2D eigenvalue weighted by atomic mass is 35.5. The maximum atomic E-state index is 11.7. The van der Waals surface area contributed by atoms with Crippen molar-refractivity contribution >= 4 is 30.1 Å². The molecule has 106 valence electrons. The first-order valence-corrected chi connectivity index (χ1v) is 7.44. The summed E-state index contributed by atoms with van der Waals surface area (Å²) >= 11 is 1.88. The quantitative estimate of drug-likeness (QED) is 0.849. The average Bonchev–Trinajstić information content (AvgIpc) is 2.87. The van der Waals surface area contributed by atoms with Gasteiger partial charge in [-0.2, -0.15) is 0 Å². The van der Waals surface area contributed by atoms with Crippen molar-refractivity contribution in [1.82, 2.24) is 4.90 Å². The first-order valence-electron chi connectivity index (χ1n) is 6.45. The molecule has 1 unspecified atom stereocenters. The van der Waals surface area contributed by atoms with Crippen LogP contribution >= 0.6 is 24.2 Å². The Morgan fingerprint density at radius 2 is 2.11 bits per heavy atom. The molecule has 1 heterocycles. The number of likely N-dealkylation sites (tertiary alicyclic amines) is 1. The van der Waals surface area contributed by atoms with E-state index < -0.39 is 0 Å². The Bertz CT molecular complexity index is 388. The van der Waals surface area contributed by atoms with Crippen molar-refractivity contribution in [3.05, 3.63) is 30.3 Å². The predicted octanol–water partition coefficient (Wildman–Crippen LogP) is 2.40. The van der Waals surface area contributed by atoms with Crippen LogP contribution in [0.4, 0.5) is 0 Å². The highest BCUT2D eigenvalue weighted by molar-refractivity contribution is 7.99. The molecule has 0 aromatic heterocycles. The number of carbonyl (C=O) groups is 1. The van der Waals surface area contributed by atoms with Gasteiger partial charge in [-0.1, -0.05) is 18.2 Å². The van der Waals surface area contributed by atoms with E-state index in [1.165, 1.54) is 4.90 Å². The SMILES string of the molecule is Cl.NCCC(=O)N1CCC(CSc2ccccc2)C1. The second kappa shape index (κ2) is 8.46. The van der Waals surface area contributed by atoms with E-state index in [2.05, 4.69) is 24.3 Å². The molecule has 0 saturated carbocycles. The average molecular weight is 301 g/mol. The molecule has 0 radical (unpaired) electrons. The molecular formula is C14H21ClN2OS. The van der Waals surface area contributed by atoms with Gasteiger partial charge in [-0.25, -0.2) is 0 Å². The van der Waals surface area contributed by atoms with E-state index in [1.54, 1.807) is 0 Å². The van der Waals surface area contributed by atoms with Gasteiger partial charge in [0.15, 0.2) is 0 Å². The lowest BCUT2D eigenvalue weighted by Gasteiger charge is -2.15. The topological polar surface area (TPSA) is 46.3 Å². The van der Waals surface area contributed by atoms with Crippen LogP contribution in [0.3, 0.4) is 0 Å². The lowest BCUT2D eigenvalue weighted by molar-refractivity contribution is -0.130. The Kier molecular flexibility index (Phi) is 7.28. The summed E-state index contributed by atoms with van der Waals surface area (Å²) in [6.07, 6.45) is 1.61. The number of thioether (sulfide) groups is 1. The Morgan fingerprint density at radius 1 is 1.37 bits per heavy atom. The molecule has 19 heavy (non-hydrogen) atoms. The predicted molar refractivity (Wildman–Crippen MR) is 82.8 cm³/mol. The van der Waals surface area contributed by atoms with E-state index in [4.69, 9.17) is 5.73 Å². The third-order valence-electron chi connectivity index (χ3n) is 3.23. The van der Waals surface area contributed by atoms with Crippen LogP contribution in [-0.2, 0) is 4.79 Å². The minimum Gasteiger partial charge on any atom is -0.342 e. The number of hydrogen-bond donors (Lipinski definition) is 1. The third kappa shape index (κ3) is 5.05. The normalized spacial score (nSPS) is 18.2. The maximum Gasteiger partial charge on any atom is 0.223 e. The molecule has 1 saturated heterocycles. The fourth-order valence-electron chi connectivity index (χ4n) is 2.21. The van der Waals surface area contributed by atoms with Gasteiger partial charge in [0, 0.05) is 36.7 Å². The largest absolute Gasteiger partial charge is 0.342 e. The van der Waals surface area contributed by atoms with E-state index in [9.17, 15) is 4.79 Å². The Hall–Kier alpha value is -0.710. The zero-order valence-corrected chi connectivity index (χ0v) is 12.6. The van der Waals surface area contributed by atoms with Gasteiger partial charge in [0.2, 0.25) is 5.91 Å². The minimum absolute atomic E-state index is 0. The summed E-state index contributed by atoms with van der Waals surface area (Å²) < 4.78 is 0. The van der Waals surface area contributed by atoms with Gasteiger partial charge >= 0.3 is 0 Å². The Morgan fingerprint density at radius 3 is 2.79 bits per heavy atom. The van der Waals surface area contributed by atoms with Gasteiger partial charge in [-0.15, -0.1) is 24.2 Å². The van der Waals surface area contributed by atoms with Gasteiger partial charge in [0.1, 0.15) is 0 Å². The second-order valence-corrected chi connectivity index (χ2v) is 5.75. The third-order valence-corrected chi connectivity index (χ3v) is 4.47. The monoisotopic (exact) mass is 300 g/mol. The number of halogens is 1. The smallest absolute Gasteiger partial charge is 0.223 e. The van der Waals surface area contributed by atoms with Gasteiger partial charge in [-0.05, 0) is 24.5 Å². The van der Waals surface area contributed by atoms with Gasteiger partial charge < -0.3 is 10.6 Å². The fourth-order valence-corrected chi connectivity index (χ4v) is 3.26. The summed E-state index contributed by atoms with van der Waals surface area (Å²) in [6, 6.07) is 10.4. The van der Waals surface area contributed by atoms with Crippen molar-refractivity contribution in [2.45, 2.75) is 17.7 Å². The Labute approximate surface area is 125 Å². The summed E-state index contributed by atoms with van der Waals surface area (Å²) in [4.78, 5) is 15.0. The summed E-state index contributed by atoms with van der Waals surface area (Å²) in [5.41, 5.74) is 5.41. The van der Waals surface area contributed by atoms with Crippen LogP contribution in [-0.4, -0.2) is 36.2 Å². The molecule has 1 fully saturated rings. The minimum atomic E-state index is 0. The molecule has 0 bridgehead atoms. The highest BCUT2D eigenvalue weighted by Gasteiger charge is 2.25. The van der Waals surface area contributed by atoms with Crippen LogP contribution in [0.25, 0.3) is 0 Å². The lowest BCUT2D eigenvalue weighted by atomic mass is 10.2. The molecule has 1 aliphatic heterocycles. The Balaban J connectivity index is 0.00000180. The first kappa shape index (κ1) is 16.3. The van der Waals surface area contributed by atoms with E-state index in [1.807, 2.05) is 22.7 Å². The first-order chi connectivity index (χ1) is 8.79. The van der Waals surface area contributed by atoms with E-state index in [-0.39, 0.29) is 18.3 Å². The number of amides is 1. The van der Waals surface area contributed by atoms with Crippen LogP contribution in [0, 0.1) is 5.92 Å². The molecule has 1 amide bonds. The molecule has 1 aromatic rings. The molecule has 0 spiro atoms. The second-order valence-electron chi connectivity index (χ2n) is 4.66. The standard InChI is InChI=1S/C14H20N2OS.ClH/c15-8-6-14(17)16-9-7-12(10-16)11-18-13-4-2-1-3-5-13;/h1-5,12H,6-11,15H2;1H. The van der Waals surface area contributed by atoms with E-state index >= 15 is 0 Å². The van der Waals surface area contributed by atoms with Crippen LogP contribution in [0.2, 0.25) is 0 Å². The highest BCUT2D eigenvalue weighted by Crippen LogP contribution is 2.25. The van der Waals surface area contributed by atoms with Crippen molar-refractivity contribution in [1.29, 1.82) is 0 Å². The van der Waals surface area contributed by atoms with Crippen LogP contribution in [0.5, 0.6) is 0 Å². The van der Waals surface area contributed by atoms with Gasteiger partial charge in [0.05, 0.1) is 0 Å². The molecular weight excluding hydrogens is 280 g/mol. The number of hydrogen-bond acceptors (Lipinski definition) is 3. The summed E-state index contributed by atoms with van der Waals surface area (Å²) in [5.74, 6) is 1.93. The molecule has 1 atom stereocenters. The number of rotatable bonds is 5. The number of benzene rings is 1. The van der Waals surface area contributed by atoms with Crippen molar-refractivity contribution in [2.75, 3.05) is 25.4 Å². The lowest BCUT2D eigenvalue weighted by Crippen LogP contribution is -2.30. The number of carbonyl (C=O) groups excluding carboxylic acids is 1. The van der Waals surface area contributed by atoms with Crippen LogP contribution < -0.4 is 5.73 Å². The molecule has 3 nitrogen and oxygen atoms in total. The van der Waals surface area contributed by atoms with Gasteiger partial charge in [-0.3, -0.25) is 4.79 Å². The number of nitrogens with zero attached hydrogens (tertiary/aromatic N) is 1. The van der Waals surface area contributed by atoms with Gasteiger partial charge in [0.25, 0.3) is 0 Å². The fraction of sp³-hybridized carbons (Fsp3) is 0.500. The maximum absolute atomic E-state index is 11.7. The van der Waals surface area contributed by atoms with Crippen LogP contribution in [0.1, 0.15) is 12.8 Å². The molecule has 5 heteroatoms. The molecule has 2 N–H and O–H groups in total. The zero-order chi connectivity index (χ0) is 12.8. The molecule has 1 aromatic carbocycles. The zero-order valence-electron chi connectivity index (χ0n) is 11.0. The molecule has 2 rings (SSSR count). The molecule has 0 aliphatic carbocycles. The van der Waals surface area contributed by atoms with Crippen molar-refractivity contribution in [2.24, 2.45) is 11.7 Å². The number of nitrogens with two attached hydrogens (primary N) is 1. The van der Waals surface area contributed by atoms with E-state index in [0.29, 0.717) is 18.9 Å². The van der Waals surface area contributed by atoms with Crippen molar-refractivity contribution in [3.63, 3.8) is 0 Å².